The second-order valence-electron chi connectivity index (χ2n) is 12.5. The summed E-state index contributed by atoms with van der Waals surface area (Å²) >= 11 is 0. The van der Waals surface area contributed by atoms with E-state index >= 15 is 4.39 Å². The summed E-state index contributed by atoms with van der Waals surface area (Å²) in [5.41, 5.74) is 3.73. The van der Waals surface area contributed by atoms with E-state index in [-0.39, 0.29) is 69.0 Å². The van der Waals surface area contributed by atoms with Crippen molar-refractivity contribution < 1.29 is 22.7 Å². The molecule has 9 nitrogen and oxygen atoms in total. The minimum absolute atomic E-state index is 0.0354. The van der Waals surface area contributed by atoms with Gasteiger partial charge in [-0.05, 0) is 50.3 Å². The van der Waals surface area contributed by atoms with E-state index in [1.165, 1.54) is 10.5 Å². The van der Waals surface area contributed by atoms with Gasteiger partial charge in [0.15, 0.2) is 11.7 Å². The van der Waals surface area contributed by atoms with Gasteiger partial charge < -0.3 is 19.4 Å². The number of hydrogen-bond donors (Lipinski definition) is 0. The molecular formula is C34H36F3N7O2. The molecule has 1 amide bonds. The van der Waals surface area contributed by atoms with E-state index in [2.05, 4.69) is 33.5 Å². The molecule has 46 heavy (non-hydrogen) atoms. The molecule has 2 fully saturated rings. The van der Waals surface area contributed by atoms with Gasteiger partial charge in [0.2, 0.25) is 12.4 Å². The van der Waals surface area contributed by atoms with E-state index in [1.807, 2.05) is 21.9 Å². The van der Waals surface area contributed by atoms with Gasteiger partial charge in [-0.25, -0.2) is 24.7 Å². The number of piperazine rings is 1. The maximum atomic E-state index is 16.8. The zero-order valence-electron chi connectivity index (χ0n) is 25.8. The largest absolute Gasteiger partial charge is 0.475 e. The Morgan fingerprint density at radius 3 is 2.76 bits per heavy atom. The van der Waals surface area contributed by atoms with Crippen LogP contribution < -0.4 is 0 Å². The number of likely N-dealkylation sites (N-methyl/N-ethyl adjacent to an activating group) is 1. The lowest BCUT2D eigenvalue weighted by atomic mass is 9.83. The summed E-state index contributed by atoms with van der Waals surface area (Å²) in [5, 5.41) is 10.5. The number of hydrogen-bond acceptors (Lipinski definition) is 7. The molecule has 5 atom stereocenters. The Hall–Kier alpha value is -4.42. The summed E-state index contributed by atoms with van der Waals surface area (Å²) in [6.07, 6.45) is 4.74. The van der Waals surface area contributed by atoms with E-state index in [4.69, 9.17) is 11.3 Å². The summed E-state index contributed by atoms with van der Waals surface area (Å²) in [5.74, 6) is -3.33. The number of benzene rings is 1. The summed E-state index contributed by atoms with van der Waals surface area (Å²) in [6.45, 7) is 11.2. The van der Waals surface area contributed by atoms with E-state index in [0.29, 0.717) is 5.70 Å². The summed E-state index contributed by atoms with van der Waals surface area (Å²) in [7, 11) is 1.80. The van der Waals surface area contributed by atoms with Crippen LogP contribution in [0.15, 0.2) is 57.7 Å². The maximum Gasteiger partial charge on any atom is 0.282 e. The number of carbonyl (C=O) groups excluding carboxylic acids is 1. The topological polar surface area (TPSA) is 88.9 Å². The number of likely N-dealkylation sites (tertiary alicyclic amines) is 1. The first-order chi connectivity index (χ1) is 22.2. The lowest BCUT2D eigenvalue weighted by molar-refractivity contribution is -0.132. The molecular weight excluding hydrogens is 595 g/mol. The summed E-state index contributed by atoms with van der Waals surface area (Å²) in [4.78, 5) is 30.3. The predicted octanol–water partition coefficient (Wildman–Crippen LogP) is 4.44. The molecule has 0 radical (unpaired) electrons. The maximum absolute atomic E-state index is 16.8. The third kappa shape index (κ3) is 5.82. The number of aliphatic imine (C=N–C) groups is 2. The first-order valence-electron chi connectivity index (χ1n) is 15.7. The fourth-order valence-corrected chi connectivity index (χ4v) is 7.35. The van der Waals surface area contributed by atoms with Crippen LogP contribution in [0, 0.1) is 23.8 Å². The minimum Gasteiger partial charge on any atom is -0.475 e. The van der Waals surface area contributed by atoms with Gasteiger partial charge >= 0.3 is 0 Å². The highest BCUT2D eigenvalue weighted by Crippen LogP contribution is 2.42. The zero-order chi connectivity index (χ0) is 32.5. The lowest BCUT2D eigenvalue weighted by Gasteiger charge is -2.44. The molecule has 0 spiro atoms. The molecule has 0 bridgehead atoms. The average molecular weight is 632 g/mol. The first-order valence-corrected chi connectivity index (χ1v) is 15.7. The van der Waals surface area contributed by atoms with Crippen molar-refractivity contribution in [3.8, 4) is 6.07 Å². The van der Waals surface area contributed by atoms with E-state index < -0.39 is 41.7 Å². The Balaban J connectivity index is 1.39. The molecule has 4 heterocycles. The Labute approximate surface area is 266 Å². The molecule has 0 saturated carbocycles. The number of alkyl halides is 1. The zero-order valence-corrected chi connectivity index (χ0v) is 25.8. The highest BCUT2D eigenvalue weighted by molar-refractivity contribution is 6.01. The van der Waals surface area contributed by atoms with Crippen molar-refractivity contribution >= 4 is 23.7 Å². The van der Waals surface area contributed by atoms with Gasteiger partial charge in [0.05, 0.1) is 5.92 Å². The van der Waals surface area contributed by atoms with Gasteiger partial charge in [0.25, 0.3) is 5.91 Å². The molecule has 6 rings (SSSR count). The summed E-state index contributed by atoms with van der Waals surface area (Å²) in [6, 6.07) is 6.06. The van der Waals surface area contributed by atoms with Crippen LogP contribution in [0.3, 0.4) is 0 Å². The van der Waals surface area contributed by atoms with Crippen LogP contribution in [0.1, 0.15) is 36.0 Å². The normalized spacial score (nSPS) is 27.9. The Kier molecular flexibility index (Phi) is 9.01. The fourth-order valence-electron chi connectivity index (χ4n) is 7.35. The first kappa shape index (κ1) is 31.6. The number of rotatable bonds is 6. The lowest BCUT2D eigenvalue weighted by Crippen LogP contribution is -2.57. The molecule has 12 heteroatoms. The predicted molar refractivity (Wildman–Crippen MR) is 168 cm³/mol. The minimum atomic E-state index is -1.12. The van der Waals surface area contributed by atoms with Gasteiger partial charge in [-0.2, -0.15) is 5.26 Å². The smallest absolute Gasteiger partial charge is 0.282 e. The third-order valence-corrected chi connectivity index (χ3v) is 9.66. The molecule has 0 N–H and O–H groups in total. The molecule has 0 aromatic heterocycles. The van der Waals surface area contributed by atoms with E-state index in [9.17, 15) is 18.8 Å². The van der Waals surface area contributed by atoms with Crippen LogP contribution in [0.2, 0.25) is 0 Å². The van der Waals surface area contributed by atoms with Crippen molar-refractivity contribution in [3.05, 3.63) is 75.8 Å². The molecule has 5 aliphatic rings. The van der Waals surface area contributed by atoms with Crippen LogP contribution in [0.4, 0.5) is 13.2 Å². The number of dihydropyridines is 1. The fraction of sp³-hybridized carbons (Fsp3) is 0.500. The van der Waals surface area contributed by atoms with Crippen LogP contribution >= 0.6 is 0 Å². The van der Waals surface area contributed by atoms with Crippen LogP contribution in [-0.4, -0.2) is 103 Å². The van der Waals surface area contributed by atoms with Crippen molar-refractivity contribution in [2.75, 3.05) is 46.4 Å². The molecule has 4 aliphatic heterocycles. The molecule has 240 valence electrons. The van der Waals surface area contributed by atoms with Crippen molar-refractivity contribution in [2.24, 2.45) is 15.9 Å². The van der Waals surface area contributed by atoms with Crippen LogP contribution in [-0.2, 0) is 22.4 Å². The van der Waals surface area contributed by atoms with Crippen LogP contribution in [0.5, 0.6) is 0 Å². The van der Waals surface area contributed by atoms with Gasteiger partial charge in [-0.3, -0.25) is 14.7 Å². The number of nitrogens with zero attached hydrogens (tertiary/aromatic N) is 7. The van der Waals surface area contributed by atoms with Crippen molar-refractivity contribution in [1.29, 1.82) is 5.26 Å². The molecule has 1 aromatic carbocycles. The second kappa shape index (κ2) is 13.1. The van der Waals surface area contributed by atoms with Gasteiger partial charge in [0.1, 0.15) is 42.2 Å². The number of ether oxygens (including phenoxy) is 1. The SMILES string of the molecule is [C-]#[N+]C[C@H]1CN(C2=C(C#N)C(OC[C@@H]3C[C@@H](F)CN3C)=NC3C(F)=C(c4cccc5c4CCCC5)N=CC23)CCN1C(=O)C(=C)F. The second-order valence-corrected chi connectivity index (χ2v) is 12.5. The number of amides is 1. The Morgan fingerprint density at radius 1 is 1.24 bits per heavy atom. The van der Waals surface area contributed by atoms with E-state index in [1.54, 1.807) is 13.3 Å². The average Bonchev–Trinajstić information content (AvgIpc) is 3.39. The Morgan fingerprint density at radius 2 is 2.04 bits per heavy atom. The van der Waals surface area contributed by atoms with Crippen molar-refractivity contribution in [2.45, 2.75) is 56.4 Å². The standard InChI is InChI=1S/C34H36F3N7O2/c1-20(35)34(45)44-12-11-43(18-24(44)15-39-2)32-27(14-38)33(46-19-23-13-22(36)17-42(23)3)41-31-28(32)16-40-30(29(31)37)26-10-6-8-21-7-4-5-9-25(21)26/h6,8,10,16,22-24,28,31H,1,4-5,7,9,11-13,15,17-19H2,3H3/t22-,23+,24+,28?,31?/m1/s1. The number of halogens is 3. The molecule has 1 aliphatic carbocycles. The number of aryl methyl sites for hydroxylation is 1. The number of nitriles is 1. The Bertz CT molecular complexity index is 1640. The quantitative estimate of drug-likeness (QED) is 0.343. The molecule has 1 aromatic rings. The highest BCUT2D eigenvalue weighted by atomic mass is 19.1. The van der Waals surface area contributed by atoms with Crippen molar-refractivity contribution in [1.82, 2.24) is 14.7 Å². The number of fused-ring (bicyclic) bond motifs is 2. The van der Waals surface area contributed by atoms with Crippen LogP contribution in [0.25, 0.3) is 10.5 Å². The monoisotopic (exact) mass is 631 g/mol. The van der Waals surface area contributed by atoms with E-state index in [0.717, 1.165) is 36.8 Å². The molecule has 2 unspecified atom stereocenters. The highest BCUT2D eigenvalue weighted by Gasteiger charge is 2.45. The summed E-state index contributed by atoms with van der Waals surface area (Å²) < 4.78 is 50.9. The van der Waals surface area contributed by atoms with Crippen molar-refractivity contribution in [3.63, 3.8) is 0 Å². The van der Waals surface area contributed by atoms with Gasteiger partial charge in [-0.15, -0.1) is 0 Å². The molecule has 2 saturated heterocycles. The van der Waals surface area contributed by atoms with Gasteiger partial charge in [0, 0.05) is 49.7 Å². The third-order valence-electron chi connectivity index (χ3n) is 9.66. The number of carbonyl (C=O) groups is 1. The van der Waals surface area contributed by atoms with Gasteiger partial charge in [-0.1, -0.05) is 24.8 Å².